The molecule has 1 fully saturated rings. The van der Waals surface area contributed by atoms with Gasteiger partial charge in [-0.05, 0) is 24.1 Å². The Morgan fingerprint density at radius 3 is 3.00 bits per heavy atom. The van der Waals surface area contributed by atoms with E-state index in [0.29, 0.717) is 18.2 Å². The zero-order valence-electron chi connectivity index (χ0n) is 11.8. The average Bonchev–Trinajstić information content (AvgIpc) is 2.48. The van der Waals surface area contributed by atoms with Crippen molar-refractivity contribution >= 4 is 11.6 Å². The topological polar surface area (TPSA) is 58.7 Å². The zero-order chi connectivity index (χ0) is 14.5. The molecule has 1 heterocycles. The smallest absolute Gasteiger partial charge is 0.0645 e. The van der Waals surface area contributed by atoms with Gasteiger partial charge in [-0.3, -0.25) is 4.90 Å². The Morgan fingerprint density at radius 1 is 1.55 bits per heavy atom. The Labute approximate surface area is 125 Å². The van der Waals surface area contributed by atoms with Gasteiger partial charge in [0, 0.05) is 17.6 Å². The first kappa shape index (κ1) is 15.7. The molecule has 5 heteroatoms. The highest BCUT2D eigenvalue weighted by Gasteiger charge is 2.33. The molecule has 112 valence electrons. The summed E-state index contributed by atoms with van der Waals surface area (Å²) in [7, 11) is 0. The van der Waals surface area contributed by atoms with E-state index in [2.05, 4.69) is 17.9 Å². The van der Waals surface area contributed by atoms with E-state index in [1.54, 1.807) is 0 Å². The van der Waals surface area contributed by atoms with Gasteiger partial charge in [-0.1, -0.05) is 30.7 Å². The molecule has 0 bridgehead atoms. The first-order chi connectivity index (χ1) is 9.67. The fourth-order valence-electron chi connectivity index (χ4n) is 2.79. The van der Waals surface area contributed by atoms with Gasteiger partial charge in [0.15, 0.2) is 0 Å². The number of morpholine rings is 1. The SMILES string of the molecule is CCC(N)C(c1cccc(Cl)c1)N1CCOCC1CO. The summed E-state index contributed by atoms with van der Waals surface area (Å²) < 4.78 is 5.46. The lowest BCUT2D eigenvalue weighted by atomic mass is 9.94. The van der Waals surface area contributed by atoms with E-state index in [9.17, 15) is 5.11 Å². The van der Waals surface area contributed by atoms with Crippen molar-refractivity contribution in [3.8, 4) is 0 Å². The molecule has 20 heavy (non-hydrogen) atoms. The number of aliphatic hydroxyl groups is 1. The summed E-state index contributed by atoms with van der Waals surface area (Å²) in [5, 5.41) is 10.3. The maximum Gasteiger partial charge on any atom is 0.0645 e. The minimum atomic E-state index is -0.00895. The summed E-state index contributed by atoms with van der Waals surface area (Å²) in [4.78, 5) is 2.25. The monoisotopic (exact) mass is 298 g/mol. The van der Waals surface area contributed by atoms with Crippen LogP contribution in [0.4, 0.5) is 0 Å². The van der Waals surface area contributed by atoms with Gasteiger partial charge in [0.2, 0.25) is 0 Å². The summed E-state index contributed by atoms with van der Waals surface area (Å²) in [6, 6.07) is 7.87. The van der Waals surface area contributed by atoms with Crippen LogP contribution in [0.15, 0.2) is 24.3 Å². The maximum atomic E-state index is 9.58. The number of halogens is 1. The third kappa shape index (κ3) is 3.51. The van der Waals surface area contributed by atoms with Crippen molar-refractivity contribution in [2.45, 2.75) is 31.5 Å². The van der Waals surface area contributed by atoms with Crippen LogP contribution in [0.2, 0.25) is 5.02 Å². The maximum absolute atomic E-state index is 9.58. The quantitative estimate of drug-likeness (QED) is 0.870. The van der Waals surface area contributed by atoms with Crippen LogP contribution >= 0.6 is 11.6 Å². The van der Waals surface area contributed by atoms with Crippen molar-refractivity contribution in [3.63, 3.8) is 0 Å². The van der Waals surface area contributed by atoms with Crippen LogP contribution in [0.1, 0.15) is 24.9 Å². The molecule has 1 aliphatic heterocycles. The summed E-state index contributed by atoms with van der Waals surface area (Å²) in [6.07, 6.45) is 0.868. The molecule has 2 rings (SSSR count). The molecule has 0 aromatic heterocycles. The lowest BCUT2D eigenvalue weighted by Crippen LogP contribution is -2.53. The van der Waals surface area contributed by atoms with Gasteiger partial charge in [0.25, 0.3) is 0 Å². The highest BCUT2D eigenvalue weighted by molar-refractivity contribution is 6.30. The number of hydrogen-bond donors (Lipinski definition) is 2. The van der Waals surface area contributed by atoms with Crippen LogP contribution in [-0.4, -0.2) is 48.5 Å². The van der Waals surface area contributed by atoms with Gasteiger partial charge in [0.05, 0.1) is 31.9 Å². The van der Waals surface area contributed by atoms with Crippen molar-refractivity contribution in [2.75, 3.05) is 26.4 Å². The zero-order valence-corrected chi connectivity index (χ0v) is 12.6. The first-order valence-electron chi connectivity index (χ1n) is 7.12. The van der Waals surface area contributed by atoms with Crippen LogP contribution in [-0.2, 0) is 4.74 Å². The predicted molar refractivity (Wildman–Crippen MR) is 80.9 cm³/mol. The molecule has 1 aromatic carbocycles. The highest BCUT2D eigenvalue weighted by atomic mass is 35.5. The van der Waals surface area contributed by atoms with Crippen molar-refractivity contribution in [1.29, 1.82) is 0 Å². The minimum absolute atomic E-state index is 0.000571. The normalized spacial score (nSPS) is 23.5. The fourth-order valence-corrected chi connectivity index (χ4v) is 2.99. The number of aliphatic hydroxyl groups excluding tert-OH is 1. The summed E-state index contributed by atoms with van der Waals surface area (Å²) >= 11 is 6.11. The molecule has 1 aliphatic rings. The third-order valence-corrected chi connectivity index (χ3v) is 4.14. The fraction of sp³-hybridized carbons (Fsp3) is 0.600. The number of nitrogens with two attached hydrogens (primary N) is 1. The van der Waals surface area contributed by atoms with Crippen LogP contribution < -0.4 is 5.73 Å². The highest BCUT2D eigenvalue weighted by Crippen LogP contribution is 2.30. The molecule has 1 aromatic rings. The predicted octanol–water partition coefficient (Wildman–Crippen LogP) is 1.81. The van der Waals surface area contributed by atoms with E-state index in [1.165, 1.54) is 0 Å². The van der Waals surface area contributed by atoms with E-state index in [4.69, 9.17) is 22.1 Å². The Morgan fingerprint density at radius 2 is 2.35 bits per heavy atom. The number of ether oxygens (including phenoxy) is 1. The number of hydrogen-bond acceptors (Lipinski definition) is 4. The summed E-state index contributed by atoms with van der Waals surface area (Å²) in [5.41, 5.74) is 7.44. The molecule has 3 atom stereocenters. The van der Waals surface area contributed by atoms with Crippen molar-refractivity contribution in [2.24, 2.45) is 5.73 Å². The lowest BCUT2D eigenvalue weighted by molar-refractivity contribution is -0.0527. The summed E-state index contributed by atoms with van der Waals surface area (Å²) in [6.45, 7) is 4.15. The van der Waals surface area contributed by atoms with E-state index in [0.717, 1.165) is 18.5 Å². The third-order valence-electron chi connectivity index (χ3n) is 3.91. The molecule has 3 N–H and O–H groups in total. The van der Waals surface area contributed by atoms with Crippen LogP contribution in [0, 0.1) is 0 Å². The van der Waals surface area contributed by atoms with Crippen molar-refractivity contribution < 1.29 is 9.84 Å². The molecular formula is C15H23ClN2O2. The standard InChI is InChI=1S/C15H23ClN2O2/c1-2-14(17)15(11-4-3-5-12(16)8-11)18-6-7-20-10-13(18)9-19/h3-5,8,13-15,19H,2,6-7,9-10,17H2,1H3. The van der Waals surface area contributed by atoms with E-state index >= 15 is 0 Å². The molecule has 0 amide bonds. The van der Waals surface area contributed by atoms with Gasteiger partial charge >= 0.3 is 0 Å². The Balaban J connectivity index is 2.31. The molecule has 0 aliphatic carbocycles. The number of nitrogens with zero attached hydrogens (tertiary/aromatic N) is 1. The van der Waals surface area contributed by atoms with E-state index in [-0.39, 0.29) is 24.7 Å². The van der Waals surface area contributed by atoms with Gasteiger partial charge < -0.3 is 15.6 Å². The lowest BCUT2D eigenvalue weighted by Gasteiger charge is -2.42. The van der Waals surface area contributed by atoms with Crippen molar-refractivity contribution in [1.82, 2.24) is 4.90 Å². The molecule has 0 saturated carbocycles. The van der Waals surface area contributed by atoms with Crippen LogP contribution in [0.5, 0.6) is 0 Å². The second kappa shape index (κ2) is 7.38. The Hall–Kier alpha value is -0.650. The van der Waals surface area contributed by atoms with Gasteiger partial charge in [-0.2, -0.15) is 0 Å². The van der Waals surface area contributed by atoms with Crippen molar-refractivity contribution in [3.05, 3.63) is 34.9 Å². The second-order valence-corrected chi connectivity index (χ2v) is 5.66. The molecule has 3 unspecified atom stereocenters. The van der Waals surface area contributed by atoms with Gasteiger partial charge in [-0.15, -0.1) is 0 Å². The van der Waals surface area contributed by atoms with Gasteiger partial charge in [-0.25, -0.2) is 0 Å². The summed E-state index contributed by atoms with van der Waals surface area (Å²) in [5.74, 6) is 0. The first-order valence-corrected chi connectivity index (χ1v) is 7.50. The number of benzene rings is 1. The van der Waals surface area contributed by atoms with E-state index < -0.39 is 0 Å². The molecule has 0 radical (unpaired) electrons. The number of rotatable bonds is 5. The molecule has 0 spiro atoms. The molecular weight excluding hydrogens is 276 g/mol. The average molecular weight is 299 g/mol. The second-order valence-electron chi connectivity index (χ2n) is 5.22. The van der Waals surface area contributed by atoms with Crippen LogP contribution in [0.25, 0.3) is 0 Å². The Kier molecular flexibility index (Phi) is 5.81. The molecule has 4 nitrogen and oxygen atoms in total. The minimum Gasteiger partial charge on any atom is -0.395 e. The van der Waals surface area contributed by atoms with E-state index in [1.807, 2.05) is 18.2 Å². The van der Waals surface area contributed by atoms with Gasteiger partial charge in [0.1, 0.15) is 0 Å². The molecule has 1 saturated heterocycles. The Bertz CT molecular complexity index is 430. The van der Waals surface area contributed by atoms with Crippen LogP contribution in [0.3, 0.4) is 0 Å². The largest absolute Gasteiger partial charge is 0.395 e.